The Morgan fingerprint density at radius 1 is 1.36 bits per heavy atom. The van der Waals surface area contributed by atoms with Gasteiger partial charge in [0.15, 0.2) is 0 Å². The van der Waals surface area contributed by atoms with Gasteiger partial charge < -0.3 is 5.11 Å². The molecule has 1 aliphatic carbocycles. The van der Waals surface area contributed by atoms with E-state index in [9.17, 15) is 8.42 Å². The van der Waals surface area contributed by atoms with E-state index in [1.807, 2.05) is 0 Å². The summed E-state index contributed by atoms with van der Waals surface area (Å²) in [7, 11) is -0.330. The largest absolute Gasteiger partial charge is 0.395 e. The van der Waals surface area contributed by atoms with E-state index in [4.69, 9.17) is 5.11 Å². The summed E-state index contributed by atoms with van der Waals surface area (Å²) in [6.07, 6.45) is 2.90. The number of rotatable bonds is 5. The number of hydrogen-bond donors (Lipinski definition) is 1. The van der Waals surface area contributed by atoms with E-state index in [1.165, 1.54) is 22.7 Å². The molecule has 84 valence electrons. The maximum Gasteiger partial charge on any atom is 0.281 e. The molecule has 0 heterocycles. The van der Waals surface area contributed by atoms with Gasteiger partial charge in [-0.05, 0) is 12.8 Å². The van der Waals surface area contributed by atoms with Crippen molar-refractivity contribution in [2.75, 3.05) is 27.2 Å². The van der Waals surface area contributed by atoms with Crippen molar-refractivity contribution in [1.29, 1.82) is 0 Å². The quantitative estimate of drug-likeness (QED) is 0.691. The van der Waals surface area contributed by atoms with Crippen LogP contribution in [0.5, 0.6) is 0 Å². The van der Waals surface area contributed by atoms with Crippen LogP contribution in [0.2, 0.25) is 0 Å². The summed E-state index contributed by atoms with van der Waals surface area (Å²) in [6, 6.07) is 0.0922. The monoisotopic (exact) mass is 222 g/mol. The lowest BCUT2D eigenvalue weighted by Crippen LogP contribution is -2.49. The fourth-order valence-electron chi connectivity index (χ4n) is 1.47. The highest BCUT2D eigenvalue weighted by Crippen LogP contribution is 2.27. The van der Waals surface area contributed by atoms with Crippen LogP contribution in [-0.2, 0) is 10.2 Å². The second-order valence-electron chi connectivity index (χ2n) is 3.71. The van der Waals surface area contributed by atoms with Gasteiger partial charge in [0.1, 0.15) is 0 Å². The second-order valence-corrected chi connectivity index (χ2v) is 5.80. The van der Waals surface area contributed by atoms with Gasteiger partial charge in [-0.1, -0.05) is 6.42 Å². The lowest BCUT2D eigenvalue weighted by Gasteiger charge is -2.37. The Bertz CT molecular complexity index is 272. The minimum atomic E-state index is -3.35. The molecule has 5 nitrogen and oxygen atoms in total. The number of hydrogen-bond acceptors (Lipinski definition) is 3. The van der Waals surface area contributed by atoms with Gasteiger partial charge in [0.25, 0.3) is 10.2 Å². The van der Waals surface area contributed by atoms with Crippen LogP contribution in [0.15, 0.2) is 0 Å². The van der Waals surface area contributed by atoms with Crippen LogP contribution in [0, 0.1) is 0 Å². The van der Waals surface area contributed by atoms with E-state index < -0.39 is 10.2 Å². The van der Waals surface area contributed by atoms with E-state index in [0.29, 0.717) is 0 Å². The number of nitrogens with zero attached hydrogens (tertiary/aromatic N) is 2. The van der Waals surface area contributed by atoms with Crippen LogP contribution >= 0.6 is 0 Å². The van der Waals surface area contributed by atoms with Gasteiger partial charge in [-0.3, -0.25) is 0 Å². The highest BCUT2D eigenvalue weighted by atomic mass is 32.2. The number of aliphatic hydroxyl groups excluding tert-OH is 1. The first-order valence-corrected chi connectivity index (χ1v) is 6.20. The maximum atomic E-state index is 11.8. The van der Waals surface area contributed by atoms with Gasteiger partial charge in [0.05, 0.1) is 6.61 Å². The zero-order valence-corrected chi connectivity index (χ0v) is 9.50. The SMILES string of the molecule is CN(C)S(=O)(=O)N(CCO)C1CCC1. The standard InChI is InChI=1S/C8H18N2O3S/c1-9(2)14(12,13)10(6-7-11)8-4-3-5-8/h8,11H,3-7H2,1-2H3. The zero-order valence-electron chi connectivity index (χ0n) is 8.68. The zero-order chi connectivity index (χ0) is 10.8. The first-order valence-electron chi connectivity index (χ1n) is 4.80. The summed E-state index contributed by atoms with van der Waals surface area (Å²) in [6.45, 7) is 0.0781. The van der Waals surface area contributed by atoms with Crippen LogP contribution in [0.3, 0.4) is 0 Å². The Balaban J connectivity index is 2.75. The minimum Gasteiger partial charge on any atom is -0.395 e. The minimum absolute atomic E-state index is 0.0922. The molecule has 0 bridgehead atoms. The van der Waals surface area contributed by atoms with Gasteiger partial charge in [-0.15, -0.1) is 0 Å². The topological polar surface area (TPSA) is 60.9 Å². The Hall–Kier alpha value is -0.170. The molecule has 14 heavy (non-hydrogen) atoms. The molecule has 1 rings (SSSR count). The molecule has 0 aromatic rings. The fraction of sp³-hybridized carbons (Fsp3) is 1.00. The maximum absolute atomic E-state index is 11.8. The van der Waals surface area contributed by atoms with E-state index in [-0.39, 0.29) is 19.2 Å². The summed E-state index contributed by atoms with van der Waals surface area (Å²) < 4.78 is 26.2. The molecular formula is C8H18N2O3S. The molecule has 0 aromatic heterocycles. The first-order chi connectivity index (χ1) is 6.50. The van der Waals surface area contributed by atoms with Crippen molar-refractivity contribution in [3.63, 3.8) is 0 Å². The van der Waals surface area contributed by atoms with E-state index in [1.54, 1.807) is 0 Å². The molecule has 0 radical (unpaired) electrons. The molecule has 1 N–H and O–H groups in total. The van der Waals surface area contributed by atoms with Crippen molar-refractivity contribution >= 4 is 10.2 Å². The third kappa shape index (κ3) is 2.25. The van der Waals surface area contributed by atoms with Crippen molar-refractivity contribution in [3.05, 3.63) is 0 Å². The van der Waals surface area contributed by atoms with Crippen LogP contribution in [0.25, 0.3) is 0 Å². The average Bonchev–Trinajstić information content (AvgIpc) is 2.00. The summed E-state index contributed by atoms with van der Waals surface area (Å²) in [4.78, 5) is 0. The van der Waals surface area contributed by atoms with Crippen molar-refractivity contribution in [2.45, 2.75) is 25.3 Å². The van der Waals surface area contributed by atoms with Gasteiger partial charge >= 0.3 is 0 Å². The van der Waals surface area contributed by atoms with E-state index in [0.717, 1.165) is 19.3 Å². The summed E-state index contributed by atoms with van der Waals surface area (Å²) in [5.74, 6) is 0. The lowest BCUT2D eigenvalue weighted by molar-refractivity contribution is 0.171. The second kappa shape index (κ2) is 4.57. The molecule has 1 fully saturated rings. The van der Waals surface area contributed by atoms with Crippen molar-refractivity contribution in [1.82, 2.24) is 8.61 Å². The first kappa shape index (κ1) is 11.9. The van der Waals surface area contributed by atoms with Gasteiger partial charge in [-0.25, -0.2) is 0 Å². The van der Waals surface area contributed by atoms with Crippen LogP contribution < -0.4 is 0 Å². The van der Waals surface area contributed by atoms with E-state index >= 15 is 0 Å². The molecule has 1 saturated carbocycles. The third-order valence-electron chi connectivity index (χ3n) is 2.56. The van der Waals surface area contributed by atoms with Crippen LogP contribution in [0.1, 0.15) is 19.3 Å². The summed E-state index contributed by atoms with van der Waals surface area (Å²) in [5, 5.41) is 8.83. The van der Waals surface area contributed by atoms with Gasteiger partial charge in [-0.2, -0.15) is 17.0 Å². The molecule has 6 heteroatoms. The van der Waals surface area contributed by atoms with Gasteiger partial charge in [0, 0.05) is 26.7 Å². The van der Waals surface area contributed by atoms with Gasteiger partial charge in [0.2, 0.25) is 0 Å². The summed E-state index contributed by atoms with van der Waals surface area (Å²) in [5.41, 5.74) is 0. The molecule has 0 aliphatic heterocycles. The van der Waals surface area contributed by atoms with Crippen molar-refractivity contribution < 1.29 is 13.5 Å². The van der Waals surface area contributed by atoms with Crippen molar-refractivity contribution in [2.24, 2.45) is 0 Å². The lowest BCUT2D eigenvalue weighted by atomic mass is 9.93. The Morgan fingerprint density at radius 2 is 1.93 bits per heavy atom. The molecule has 0 atom stereocenters. The molecule has 1 aliphatic rings. The number of aliphatic hydroxyl groups is 1. The molecular weight excluding hydrogens is 204 g/mol. The normalized spacial score (nSPS) is 18.9. The van der Waals surface area contributed by atoms with Crippen LogP contribution in [-0.4, -0.2) is 55.4 Å². The predicted octanol–water partition coefficient (Wildman–Crippen LogP) is -0.360. The van der Waals surface area contributed by atoms with Crippen molar-refractivity contribution in [3.8, 4) is 0 Å². The molecule has 0 amide bonds. The Kier molecular flexibility index (Phi) is 3.88. The van der Waals surface area contributed by atoms with E-state index in [2.05, 4.69) is 0 Å². The third-order valence-corrected chi connectivity index (χ3v) is 4.56. The molecule has 0 unspecified atom stereocenters. The smallest absolute Gasteiger partial charge is 0.281 e. The highest BCUT2D eigenvalue weighted by Gasteiger charge is 2.34. The van der Waals surface area contributed by atoms with Crippen LogP contribution in [0.4, 0.5) is 0 Å². The predicted molar refractivity (Wildman–Crippen MR) is 54.0 cm³/mol. The Morgan fingerprint density at radius 3 is 2.21 bits per heavy atom. The Labute approximate surface area is 85.5 Å². The molecule has 0 aromatic carbocycles. The highest BCUT2D eigenvalue weighted by molar-refractivity contribution is 7.86. The average molecular weight is 222 g/mol. The molecule has 0 saturated heterocycles. The summed E-state index contributed by atoms with van der Waals surface area (Å²) >= 11 is 0. The fourth-order valence-corrected chi connectivity index (χ4v) is 2.79. The molecule has 0 spiro atoms.